The van der Waals surface area contributed by atoms with Gasteiger partial charge in [0.05, 0.1) is 12.2 Å². The van der Waals surface area contributed by atoms with E-state index in [1.54, 1.807) is 0 Å². The van der Waals surface area contributed by atoms with Crippen molar-refractivity contribution in [1.82, 2.24) is 30.0 Å². The van der Waals surface area contributed by atoms with Crippen molar-refractivity contribution in [2.75, 3.05) is 33.8 Å². The Morgan fingerprint density at radius 3 is 2.77 bits per heavy atom. The fourth-order valence-electron chi connectivity index (χ4n) is 4.12. The molecule has 1 fully saturated rings. The number of likely N-dealkylation sites (tertiary alicyclic amines) is 1. The molecule has 1 aliphatic heterocycles. The van der Waals surface area contributed by atoms with Gasteiger partial charge in [-0.05, 0) is 68.8 Å². The van der Waals surface area contributed by atoms with Gasteiger partial charge in [-0.1, -0.05) is 26.0 Å². The van der Waals surface area contributed by atoms with Crippen LogP contribution in [0.3, 0.4) is 0 Å². The molecule has 2 aromatic rings. The van der Waals surface area contributed by atoms with Crippen LogP contribution < -0.4 is 4.74 Å². The van der Waals surface area contributed by atoms with E-state index in [9.17, 15) is 4.79 Å². The maximum atomic E-state index is 13.4. The number of piperidine rings is 1. The van der Waals surface area contributed by atoms with Crippen LogP contribution >= 0.6 is 0 Å². The number of likely N-dealkylation sites (N-methyl/N-ethyl adjacent to an activating group) is 1. The number of benzene rings is 1. The van der Waals surface area contributed by atoms with Crippen LogP contribution in [0.5, 0.6) is 5.75 Å². The van der Waals surface area contributed by atoms with Crippen LogP contribution in [-0.2, 0) is 12.1 Å². The molecule has 1 amide bonds. The third kappa shape index (κ3) is 4.48. The van der Waals surface area contributed by atoms with Crippen molar-refractivity contribution in [2.45, 2.75) is 52.1 Å². The smallest absolute Gasteiger partial charge is 0.257 e. The molecular formula is C22H34N6O2. The van der Waals surface area contributed by atoms with E-state index in [0.717, 1.165) is 31.6 Å². The van der Waals surface area contributed by atoms with Crippen molar-refractivity contribution in [1.29, 1.82) is 0 Å². The molecule has 8 nitrogen and oxygen atoms in total. The number of hydrogen-bond donors (Lipinski definition) is 0. The summed E-state index contributed by atoms with van der Waals surface area (Å²) in [4.78, 5) is 17.5. The van der Waals surface area contributed by atoms with Gasteiger partial charge in [-0.15, -0.1) is 5.10 Å². The number of carbonyl (C=O) groups is 1. The summed E-state index contributed by atoms with van der Waals surface area (Å²) in [5.74, 6) is 2.03. The molecular weight excluding hydrogens is 380 g/mol. The minimum atomic E-state index is -0.422. The minimum Gasteiger partial charge on any atom is -0.493 e. The third-order valence-electron chi connectivity index (χ3n) is 5.90. The lowest BCUT2D eigenvalue weighted by Crippen LogP contribution is -2.56. The predicted molar refractivity (Wildman–Crippen MR) is 115 cm³/mol. The molecule has 1 atom stereocenters. The summed E-state index contributed by atoms with van der Waals surface area (Å²) in [6.45, 7) is 8.87. The zero-order valence-electron chi connectivity index (χ0n) is 18.8. The largest absolute Gasteiger partial charge is 0.493 e. The molecule has 3 rings (SSSR count). The van der Waals surface area contributed by atoms with E-state index in [2.05, 4.69) is 34.3 Å². The van der Waals surface area contributed by atoms with Crippen molar-refractivity contribution in [3.63, 3.8) is 0 Å². The van der Waals surface area contributed by atoms with Gasteiger partial charge in [0.1, 0.15) is 11.3 Å². The van der Waals surface area contributed by atoms with Gasteiger partial charge in [-0.25, -0.2) is 4.68 Å². The Bertz CT molecular complexity index is 850. The summed E-state index contributed by atoms with van der Waals surface area (Å²) in [7, 11) is 4.09. The first kappa shape index (κ1) is 22.2. The van der Waals surface area contributed by atoms with Crippen LogP contribution in [0.2, 0.25) is 0 Å². The molecule has 1 aromatic carbocycles. The molecule has 0 radical (unpaired) electrons. The lowest BCUT2D eigenvalue weighted by molar-refractivity contribution is 0.0254. The highest BCUT2D eigenvalue weighted by molar-refractivity contribution is 5.97. The van der Waals surface area contributed by atoms with Crippen LogP contribution in [-0.4, -0.2) is 69.7 Å². The Hall–Kier alpha value is -2.48. The molecule has 1 aromatic heterocycles. The van der Waals surface area contributed by atoms with Crippen LogP contribution in [0.15, 0.2) is 24.3 Å². The summed E-state index contributed by atoms with van der Waals surface area (Å²) < 4.78 is 7.62. The van der Waals surface area contributed by atoms with Gasteiger partial charge in [-0.2, -0.15) is 0 Å². The predicted octanol–water partition coefficient (Wildman–Crippen LogP) is 2.81. The van der Waals surface area contributed by atoms with Gasteiger partial charge in [0.25, 0.3) is 5.91 Å². The number of carbonyl (C=O) groups excluding carboxylic acids is 1. The first-order valence-electron chi connectivity index (χ1n) is 10.8. The Kier molecular flexibility index (Phi) is 7.07. The van der Waals surface area contributed by atoms with Gasteiger partial charge in [0.2, 0.25) is 0 Å². The first-order valence-corrected chi connectivity index (χ1v) is 10.8. The lowest BCUT2D eigenvalue weighted by atomic mass is 9.86. The standard InChI is InChI=1S/C22H34N6O2/c1-6-30-19-11-8-7-10-18(19)20(29)27-14-9-13-22(16-27,26(4)5)21-23-24-25-28(21)15-12-17(2)3/h7-8,10-11,17H,6,9,12-16H2,1-5H3/t22-/m0/s1. The van der Waals surface area contributed by atoms with E-state index in [0.29, 0.717) is 36.9 Å². The van der Waals surface area contributed by atoms with Crippen LogP contribution in [0.4, 0.5) is 0 Å². The highest BCUT2D eigenvalue weighted by Crippen LogP contribution is 2.36. The second-order valence-electron chi connectivity index (χ2n) is 8.59. The Morgan fingerprint density at radius 2 is 2.07 bits per heavy atom. The number of ether oxygens (including phenoxy) is 1. The van der Waals surface area contributed by atoms with E-state index in [1.807, 2.05) is 54.9 Å². The SMILES string of the molecule is CCOc1ccccc1C(=O)N1CCC[C@](c2nnnn2CCC(C)C)(N(C)C)C1. The summed E-state index contributed by atoms with van der Waals surface area (Å²) in [6.07, 6.45) is 2.79. The topological polar surface area (TPSA) is 76.4 Å². The number of rotatable bonds is 8. The van der Waals surface area contributed by atoms with Crippen LogP contribution in [0.25, 0.3) is 0 Å². The van der Waals surface area contributed by atoms with Crippen molar-refractivity contribution >= 4 is 5.91 Å². The summed E-state index contributed by atoms with van der Waals surface area (Å²) in [6, 6.07) is 7.47. The quantitative estimate of drug-likeness (QED) is 0.661. The van der Waals surface area contributed by atoms with Crippen molar-refractivity contribution in [2.24, 2.45) is 5.92 Å². The molecule has 0 spiro atoms. The molecule has 2 heterocycles. The third-order valence-corrected chi connectivity index (χ3v) is 5.90. The van der Waals surface area contributed by atoms with E-state index in [4.69, 9.17) is 4.74 Å². The number of para-hydroxylation sites is 1. The zero-order chi connectivity index (χ0) is 21.7. The lowest BCUT2D eigenvalue weighted by Gasteiger charge is -2.46. The average molecular weight is 415 g/mol. The molecule has 1 aliphatic rings. The fourth-order valence-corrected chi connectivity index (χ4v) is 4.12. The Labute approximate surface area is 179 Å². The molecule has 8 heteroatoms. The fraction of sp³-hybridized carbons (Fsp3) is 0.636. The number of nitrogens with zero attached hydrogens (tertiary/aromatic N) is 6. The van der Waals surface area contributed by atoms with E-state index >= 15 is 0 Å². The van der Waals surface area contributed by atoms with Crippen LogP contribution in [0.1, 0.15) is 56.2 Å². The molecule has 30 heavy (non-hydrogen) atoms. The zero-order valence-corrected chi connectivity index (χ0v) is 18.8. The van der Waals surface area contributed by atoms with Gasteiger partial charge in [-0.3, -0.25) is 9.69 Å². The van der Waals surface area contributed by atoms with Gasteiger partial charge < -0.3 is 9.64 Å². The second-order valence-corrected chi connectivity index (χ2v) is 8.59. The first-order chi connectivity index (χ1) is 14.4. The van der Waals surface area contributed by atoms with E-state index in [-0.39, 0.29) is 5.91 Å². The summed E-state index contributed by atoms with van der Waals surface area (Å²) in [5.41, 5.74) is 0.183. The van der Waals surface area contributed by atoms with Crippen molar-refractivity contribution in [3.8, 4) is 5.75 Å². The maximum absolute atomic E-state index is 13.4. The molecule has 0 bridgehead atoms. The Balaban J connectivity index is 1.90. The molecule has 0 N–H and O–H groups in total. The normalized spacial score (nSPS) is 19.5. The maximum Gasteiger partial charge on any atom is 0.257 e. The number of hydrogen-bond acceptors (Lipinski definition) is 6. The molecule has 0 unspecified atom stereocenters. The monoisotopic (exact) mass is 414 g/mol. The summed E-state index contributed by atoms with van der Waals surface area (Å²) in [5, 5.41) is 12.7. The van der Waals surface area contributed by atoms with Crippen molar-refractivity contribution < 1.29 is 9.53 Å². The average Bonchev–Trinajstić information content (AvgIpc) is 3.21. The minimum absolute atomic E-state index is 0.00817. The summed E-state index contributed by atoms with van der Waals surface area (Å²) >= 11 is 0. The van der Waals surface area contributed by atoms with E-state index < -0.39 is 5.54 Å². The van der Waals surface area contributed by atoms with Gasteiger partial charge >= 0.3 is 0 Å². The highest BCUT2D eigenvalue weighted by Gasteiger charge is 2.45. The highest BCUT2D eigenvalue weighted by atomic mass is 16.5. The van der Waals surface area contributed by atoms with Gasteiger partial charge in [0, 0.05) is 19.6 Å². The Morgan fingerprint density at radius 1 is 1.30 bits per heavy atom. The van der Waals surface area contributed by atoms with E-state index in [1.165, 1.54) is 0 Å². The number of aryl methyl sites for hydroxylation is 1. The van der Waals surface area contributed by atoms with Crippen LogP contribution in [0, 0.1) is 5.92 Å². The number of amides is 1. The molecule has 0 aliphatic carbocycles. The molecule has 164 valence electrons. The number of tetrazole rings is 1. The molecule has 1 saturated heterocycles. The molecule has 0 saturated carbocycles. The second kappa shape index (κ2) is 9.55. The van der Waals surface area contributed by atoms with Gasteiger partial charge in [0.15, 0.2) is 5.82 Å². The van der Waals surface area contributed by atoms with Crippen molar-refractivity contribution in [3.05, 3.63) is 35.7 Å². The number of aromatic nitrogens is 4.